The number of benzene rings is 2. The molecule has 0 aliphatic carbocycles. The molecule has 19 heavy (non-hydrogen) atoms. The Morgan fingerprint density at radius 2 is 1.84 bits per heavy atom. The van der Waals surface area contributed by atoms with Gasteiger partial charge in [0.2, 0.25) is 0 Å². The van der Waals surface area contributed by atoms with E-state index in [0.29, 0.717) is 0 Å². The zero-order valence-corrected chi connectivity index (χ0v) is 13.4. The van der Waals surface area contributed by atoms with Gasteiger partial charge in [-0.1, -0.05) is 57.9 Å². The Hall–Kier alpha value is -0.830. The number of nitrogens with one attached hydrogen (secondary N) is 1. The minimum atomic E-state index is 0.230. The minimum absolute atomic E-state index is 0.230. The van der Waals surface area contributed by atoms with E-state index in [2.05, 4.69) is 57.6 Å². The Bertz CT molecular complexity index is 551. The molecule has 0 fully saturated rings. The molecule has 0 aliphatic rings. The highest BCUT2D eigenvalue weighted by Crippen LogP contribution is 2.28. The molecule has 0 radical (unpaired) electrons. The standard InChI is InChI=1S/C16H17BrClN/c1-11-4-3-5-14(16(11)18)15(19-2)10-12-6-8-13(17)9-7-12/h3-9,15,19H,10H2,1-2H3. The van der Waals surface area contributed by atoms with Gasteiger partial charge in [-0.25, -0.2) is 0 Å². The first kappa shape index (κ1) is 14.6. The van der Waals surface area contributed by atoms with E-state index < -0.39 is 0 Å². The topological polar surface area (TPSA) is 12.0 Å². The molecule has 0 saturated carbocycles. The summed E-state index contributed by atoms with van der Waals surface area (Å²) in [4.78, 5) is 0. The molecule has 2 rings (SSSR count). The Kier molecular flexibility index (Phi) is 5.03. The SMILES string of the molecule is CNC(Cc1ccc(Br)cc1)c1cccc(C)c1Cl. The molecule has 0 bridgehead atoms. The van der Waals surface area contributed by atoms with Crippen LogP contribution in [0.2, 0.25) is 5.02 Å². The van der Waals surface area contributed by atoms with Crippen molar-refractivity contribution in [3.05, 3.63) is 68.7 Å². The van der Waals surface area contributed by atoms with Crippen molar-refractivity contribution in [1.29, 1.82) is 0 Å². The number of likely N-dealkylation sites (N-methyl/N-ethyl adjacent to an activating group) is 1. The van der Waals surface area contributed by atoms with Crippen molar-refractivity contribution in [3.63, 3.8) is 0 Å². The summed E-state index contributed by atoms with van der Waals surface area (Å²) >= 11 is 9.87. The van der Waals surface area contributed by atoms with Crippen LogP contribution in [0.4, 0.5) is 0 Å². The summed E-state index contributed by atoms with van der Waals surface area (Å²) in [5.74, 6) is 0. The first-order valence-corrected chi connectivity index (χ1v) is 7.45. The summed E-state index contributed by atoms with van der Waals surface area (Å²) in [6.07, 6.45) is 0.924. The van der Waals surface area contributed by atoms with Gasteiger partial charge in [0.05, 0.1) is 0 Å². The molecule has 0 spiro atoms. The van der Waals surface area contributed by atoms with Gasteiger partial charge in [0.1, 0.15) is 0 Å². The molecule has 0 amide bonds. The van der Waals surface area contributed by atoms with Crippen molar-refractivity contribution in [3.8, 4) is 0 Å². The van der Waals surface area contributed by atoms with Crippen molar-refractivity contribution in [1.82, 2.24) is 5.32 Å². The summed E-state index contributed by atoms with van der Waals surface area (Å²) in [7, 11) is 1.97. The van der Waals surface area contributed by atoms with Gasteiger partial charge in [0, 0.05) is 15.5 Å². The molecule has 1 unspecified atom stereocenters. The molecule has 1 atom stereocenters. The molecule has 0 aromatic heterocycles. The van der Waals surface area contributed by atoms with E-state index in [1.807, 2.05) is 20.0 Å². The average molecular weight is 339 g/mol. The summed E-state index contributed by atoms with van der Waals surface area (Å²) < 4.78 is 1.10. The third-order valence-corrected chi connectivity index (χ3v) is 4.34. The van der Waals surface area contributed by atoms with E-state index in [0.717, 1.165) is 27.0 Å². The summed E-state index contributed by atoms with van der Waals surface area (Å²) in [6.45, 7) is 2.04. The van der Waals surface area contributed by atoms with E-state index in [-0.39, 0.29) is 6.04 Å². The lowest BCUT2D eigenvalue weighted by molar-refractivity contribution is 0.592. The van der Waals surface area contributed by atoms with E-state index in [9.17, 15) is 0 Å². The largest absolute Gasteiger partial charge is 0.313 e. The Morgan fingerprint density at radius 1 is 1.16 bits per heavy atom. The first-order valence-electron chi connectivity index (χ1n) is 6.28. The second-order valence-electron chi connectivity index (χ2n) is 4.65. The Balaban J connectivity index is 2.25. The number of hydrogen-bond donors (Lipinski definition) is 1. The summed E-state index contributed by atoms with van der Waals surface area (Å²) in [6, 6.07) is 14.8. The maximum Gasteiger partial charge on any atom is 0.0483 e. The maximum absolute atomic E-state index is 6.41. The first-order chi connectivity index (χ1) is 9.11. The molecular weight excluding hydrogens is 322 g/mol. The molecular formula is C16H17BrClN. The molecule has 2 aromatic rings. The lowest BCUT2D eigenvalue weighted by atomic mass is 9.97. The highest BCUT2D eigenvalue weighted by atomic mass is 79.9. The number of halogens is 2. The van der Waals surface area contributed by atoms with E-state index in [4.69, 9.17) is 11.6 Å². The van der Waals surface area contributed by atoms with E-state index in [1.54, 1.807) is 0 Å². The average Bonchev–Trinajstić information content (AvgIpc) is 2.42. The van der Waals surface area contributed by atoms with Crippen molar-refractivity contribution in [2.24, 2.45) is 0 Å². The van der Waals surface area contributed by atoms with Crippen molar-refractivity contribution < 1.29 is 0 Å². The monoisotopic (exact) mass is 337 g/mol. The lowest BCUT2D eigenvalue weighted by Crippen LogP contribution is -2.19. The fraction of sp³-hybridized carbons (Fsp3) is 0.250. The van der Waals surface area contributed by atoms with Gasteiger partial charge in [0.15, 0.2) is 0 Å². The third kappa shape index (κ3) is 3.59. The van der Waals surface area contributed by atoms with Crippen LogP contribution in [0.15, 0.2) is 46.9 Å². The van der Waals surface area contributed by atoms with Crippen LogP contribution in [0.1, 0.15) is 22.7 Å². The van der Waals surface area contributed by atoms with Gasteiger partial charge in [-0.2, -0.15) is 0 Å². The van der Waals surface area contributed by atoms with Crippen LogP contribution in [-0.2, 0) is 6.42 Å². The molecule has 100 valence electrons. The maximum atomic E-state index is 6.41. The molecule has 2 aromatic carbocycles. The van der Waals surface area contributed by atoms with Crippen LogP contribution in [0.5, 0.6) is 0 Å². The predicted octanol–water partition coefficient (Wildman–Crippen LogP) is 4.91. The zero-order chi connectivity index (χ0) is 13.8. The van der Waals surface area contributed by atoms with Gasteiger partial charge in [0.25, 0.3) is 0 Å². The molecule has 0 saturated heterocycles. The molecule has 3 heteroatoms. The van der Waals surface area contributed by atoms with Crippen LogP contribution in [0, 0.1) is 6.92 Å². The van der Waals surface area contributed by atoms with Crippen molar-refractivity contribution in [2.75, 3.05) is 7.05 Å². The van der Waals surface area contributed by atoms with Crippen LogP contribution >= 0.6 is 27.5 Å². The fourth-order valence-corrected chi connectivity index (χ4v) is 2.68. The highest BCUT2D eigenvalue weighted by Gasteiger charge is 2.14. The van der Waals surface area contributed by atoms with Crippen LogP contribution < -0.4 is 5.32 Å². The molecule has 0 heterocycles. The van der Waals surface area contributed by atoms with Gasteiger partial charge < -0.3 is 5.32 Å². The van der Waals surface area contributed by atoms with Crippen LogP contribution in [0.3, 0.4) is 0 Å². The highest BCUT2D eigenvalue weighted by molar-refractivity contribution is 9.10. The Labute approximate surface area is 128 Å². The lowest BCUT2D eigenvalue weighted by Gasteiger charge is -2.19. The normalized spacial score (nSPS) is 12.4. The number of aryl methyl sites for hydroxylation is 1. The minimum Gasteiger partial charge on any atom is -0.313 e. The number of hydrogen-bond acceptors (Lipinski definition) is 1. The fourth-order valence-electron chi connectivity index (χ4n) is 2.16. The summed E-state index contributed by atoms with van der Waals surface area (Å²) in [5, 5.41) is 4.21. The Morgan fingerprint density at radius 3 is 2.47 bits per heavy atom. The smallest absolute Gasteiger partial charge is 0.0483 e. The van der Waals surface area contributed by atoms with Crippen LogP contribution in [0.25, 0.3) is 0 Å². The van der Waals surface area contributed by atoms with Gasteiger partial charge in [-0.3, -0.25) is 0 Å². The quantitative estimate of drug-likeness (QED) is 0.835. The van der Waals surface area contributed by atoms with Crippen molar-refractivity contribution in [2.45, 2.75) is 19.4 Å². The van der Waals surface area contributed by atoms with E-state index in [1.165, 1.54) is 5.56 Å². The van der Waals surface area contributed by atoms with Gasteiger partial charge in [-0.05, 0) is 49.2 Å². The predicted molar refractivity (Wildman–Crippen MR) is 85.8 cm³/mol. The summed E-state index contributed by atoms with van der Waals surface area (Å²) in [5.41, 5.74) is 3.57. The third-order valence-electron chi connectivity index (χ3n) is 3.30. The number of rotatable bonds is 4. The second-order valence-corrected chi connectivity index (χ2v) is 5.94. The van der Waals surface area contributed by atoms with Crippen molar-refractivity contribution >= 4 is 27.5 Å². The van der Waals surface area contributed by atoms with E-state index >= 15 is 0 Å². The zero-order valence-electron chi connectivity index (χ0n) is 11.1. The second kappa shape index (κ2) is 6.56. The van der Waals surface area contributed by atoms with Gasteiger partial charge in [-0.15, -0.1) is 0 Å². The molecule has 1 nitrogen and oxygen atoms in total. The van der Waals surface area contributed by atoms with Gasteiger partial charge >= 0.3 is 0 Å². The molecule has 1 N–H and O–H groups in total. The molecule has 0 aliphatic heterocycles. The van der Waals surface area contributed by atoms with Crippen LogP contribution in [-0.4, -0.2) is 7.05 Å².